The van der Waals surface area contributed by atoms with Gasteiger partial charge in [0.2, 0.25) is 11.6 Å². The van der Waals surface area contributed by atoms with Gasteiger partial charge in [-0.2, -0.15) is 8.78 Å². The minimum Gasteiger partial charge on any atom is -0.490 e. The molecule has 3 nitrogen and oxygen atoms in total. The summed E-state index contributed by atoms with van der Waals surface area (Å²) < 4.78 is 70.1. The first-order valence-corrected chi connectivity index (χ1v) is 14.8. The molecule has 2 saturated carbocycles. The van der Waals surface area contributed by atoms with Crippen LogP contribution in [0.3, 0.4) is 0 Å². The first-order chi connectivity index (χ1) is 19.3. The first kappa shape index (κ1) is 30.4. The highest BCUT2D eigenvalue weighted by atomic mass is 19.2. The minimum atomic E-state index is -1.08. The Bertz CT molecular complexity index is 1120. The van der Waals surface area contributed by atoms with E-state index in [1.54, 1.807) is 18.2 Å². The zero-order chi connectivity index (χ0) is 28.6. The van der Waals surface area contributed by atoms with E-state index in [2.05, 4.69) is 13.5 Å². The van der Waals surface area contributed by atoms with Crippen molar-refractivity contribution < 1.29 is 32.1 Å². The Hall–Kier alpha value is -2.54. The molecular weight excluding hydrogens is 520 g/mol. The topological polar surface area (TPSA) is 38.7 Å². The van der Waals surface area contributed by atoms with Crippen LogP contribution in [0.1, 0.15) is 101 Å². The Morgan fingerprint density at radius 3 is 1.85 bits per heavy atom. The quantitative estimate of drug-likeness (QED) is 0.159. The second-order valence-corrected chi connectivity index (χ2v) is 11.5. The van der Waals surface area contributed by atoms with Crippen molar-refractivity contribution in [2.24, 2.45) is 11.8 Å². The van der Waals surface area contributed by atoms with E-state index in [0.717, 1.165) is 51.4 Å². The van der Waals surface area contributed by atoms with Gasteiger partial charge in [-0.15, -0.1) is 6.58 Å². The smallest absolute Gasteiger partial charge is 0.204 e. The predicted molar refractivity (Wildman–Crippen MR) is 149 cm³/mol. The van der Waals surface area contributed by atoms with E-state index < -0.39 is 23.3 Å². The zero-order valence-corrected chi connectivity index (χ0v) is 23.4. The summed E-state index contributed by atoms with van der Waals surface area (Å²) in [6.45, 7) is 6.06. The largest absolute Gasteiger partial charge is 0.490 e. The van der Waals surface area contributed by atoms with Crippen molar-refractivity contribution in [1.29, 1.82) is 0 Å². The average Bonchev–Trinajstić information content (AvgIpc) is 2.97. The number of aliphatic hydroxyl groups excluding tert-OH is 1. The second kappa shape index (κ2) is 14.4. The van der Waals surface area contributed by atoms with Gasteiger partial charge in [0.15, 0.2) is 23.1 Å². The summed E-state index contributed by atoms with van der Waals surface area (Å²) in [5.74, 6) is -3.67. The van der Waals surface area contributed by atoms with Gasteiger partial charge in [0.05, 0.1) is 19.3 Å². The van der Waals surface area contributed by atoms with Crippen molar-refractivity contribution in [3.05, 3.63) is 71.3 Å². The van der Waals surface area contributed by atoms with Gasteiger partial charge in [-0.05, 0) is 111 Å². The summed E-state index contributed by atoms with van der Waals surface area (Å²) >= 11 is 0. The maximum atomic E-state index is 15.3. The molecule has 4 rings (SSSR count). The SMILES string of the molecule is C=CCCOc1ccc(OCC2CCC(c3ccc(C4CCC(C(O)CCC)CC4)c(F)c3F)CC2)c(F)c1F. The fraction of sp³-hybridized carbons (Fsp3) is 0.576. The van der Waals surface area contributed by atoms with E-state index in [4.69, 9.17) is 9.47 Å². The third-order valence-electron chi connectivity index (χ3n) is 8.83. The van der Waals surface area contributed by atoms with Crippen LogP contribution < -0.4 is 9.47 Å². The Morgan fingerprint density at radius 2 is 1.32 bits per heavy atom. The first-order valence-electron chi connectivity index (χ1n) is 14.8. The summed E-state index contributed by atoms with van der Waals surface area (Å²) in [4.78, 5) is 0. The van der Waals surface area contributed by atoms with Crippen LogP contribution in [0.5, 0.6) is 11.5 Å². The molecule has 0 aliphatic heterocycles. The summed E-state index contributed by atoms with van der Waals surface area (Å²) in [6.07, 6.45) is 9.60. The van der Waals surface area contributed by atoms with Crippen LogP contribution in [0.4, 0.5) is 17.6 Å². The summed E-state index contributed by atoms with van der Waals surface area (Å²) in [5, 5.41) is 10.3. The fourth-order valence-corrected chi connectivity index (χ4v) is 6.39. The lowest BCUT2D eigenvalue weighted by Crippen LogP contribution is -2.25. The molecule has 2 aromatic carbocycles. The number of ether oxygens (including phenoxy) is 2. The number of hydrogen-bond donors (Lipinski definition) is 1. The number of aliphatic hydroxyl groups is 1. The van der Waals surface area contributed by atoms with E-state index in [-0.39, 0.29) is 54.5 Å². The third kappa shape index (κ3) is 7.20. The lowest BCUT2D eigenvalue weighted by Gasteiger charge is -2.32. The highest BCUT2D eigenvalue weighted by Crippen LogP contribution is 2.42. The molecule has 0 aromatic heterocycles. The van der Waals surface area contributed by atoms with Crippen molar-refractivity contribution in [2.75, 3.05) is 13.2 Å². The molecule has 0 bridgehead atoms. The monoisotopic (exact) mass is 562 g/mol. The van der Waals surface area contributed by atoms with Gasteiger partial charge in [0, 0.05) is 0 Å². The minimum absolute atomic E-state index is 0.0143. The van der Waals surface area contributed by atoms with Crippen LogP contribution in [-0.2, 0) is 0 Å². The van der Waals surface area contributed by atoms with Gasteiger partial charge in [0.25, 0.3) is 0 Å². The van der Waals surface area contributed by atoms with E-state index in [0.29, 0.717) is 30.4 Å². The van der Waals surface area contributed by atoms with E-state index in [9.17, 15) is 13.9 Å². The molecule has 1 unspecified atom stereocenters. The molecular formula is C33H42F4O3. The predicted octanol–water partition coefficient (Wildman–Crippen LogP) is 8.99. The third-order valence-corrected chi connectivity index (χ3v) is 8.83. The number of hydrogen-bond acceptors (Lipinski definition) is 3. The molecule has 2 fully saturated rings. The van der Waals surface area contributed by atoms with Gasteiger partial charge < -0.3 is 14.6 Å². The van der Waals surface area contributed by atoms with Gasteiger partial charge in [0.1, 0.15) is 0 Å². The molecule has 220 valence electrons. The average molecular weight is 563 g/mol. The van der Waals surface area contributed by atoms with Gasteiger partial charge in [-0.3, -0.25) is 0 Å². The van der Waals surface area contributed by atoms with Gasteiger partial charge in [-0.25, -0.2) is 8.78 Å². The molecule has 0 spiro atoms. The molecule has 0 radical (unpaired) electrons. The maximum Gasteiger partial charge on any atom is 0.204 e. The molecule has 7 heteroatoms. The van der Waals surface area contributed by atoms with Crippen LogP contribution in [0.15, 0.2) is 36.9 Å². The van der Waals surface area contributed by atoms with Crippen molar-refractivity contribution in [2.45, 2.75) is 95.5 Å². The van der Waals surface area contributed by atoms with Crippen LogP contribution >= 0.6 is 0 Å². The standard InChI is InChI=1S/C33H42F4O3/c1-3-5-19-39-28-17-18-29(33(37)32(28)36)40-20-21-7-9-22(10-8-21)25-15-16-26(31(35)30(25)34)23-11-13-24(14-12-23)27(38)6-4-2/h3,15-18,21-24,27,38H,1,4-14,19-20H2,2H3. The Kier molecular flexibility index (Phi) is 10.9. The molecule has 0 heterocycles. The highest BCUT2D eigenvalue weighted by molar-refractivity contribution is 5.35. The van der Waals surface area contributed by atoms with E-state index >= 15 is 8.78 Å². The zero-order valence-electron chi connectivity index (χ0n) is 23.4. The molecule has 2 aromatic rings. The molecule has 2 aliphatic rings. The molecule has 2 aliphatic carbocycles. The molecule has 0 saturated heterocycles. The lowest BCUT2D eigenvalue weighted by molar-refractivity contribution is 0.0727. The van der Waals surface area contributed by atoms with Crippen molar-refractivity contribution >= 4 is 0 Å². The van der Waals surface area contributed by atoms with Crippen molar-refractivity contribution in [3.63, 3.8) is 0 Å². The molecule has 40 heavy (non-hydrogen) atoms. The number of rotatable bonds is 12. The van der Waals surface area contributed by atoms with Gasteiger partial charge >= 0.3 is 0 Å². The second-order valence-electron chi connectivity index (χ2n) is 11.5. The Labute approximate surface area is 235 Å². The molecule has 1 atom stereocenters. The van der Waals surface area contributed by atoms with E-state index in [1.165, 1.54) is 12.1 Å². The van der Waals surface area contributed by atoms with Crippen molar-refractivity contribution in [1.82, 2.24) is 0 Å². The van der Waals surface area contributed by atoms with E-state index in [1.807, 2.05) is 0 Å². The summed E-state index contributed by atoms with van der Waals surface area (Å²) in [6, 6.07) is 6.24. The Balaban J connectivity index is 1.29. The molecule has 0 amide bonds. The van der Waals surface area contributed by atoms with Gasteiger partial charge in [-0.1, -0.05) is 31.6 Å². The van der Waals surface area contributed by atoms with Crippen LogP contribution in [-0.4, -0.2) is 24.4 Å². The summed E-state index contributed by atoms with van der Waals surface area (Å²) in [7, 11) is 0. The van der Waals surface area contributed by atoms with Crippen LogP contribution in [0, 0.1) is 35.1 Å². The van der Waals surface area contributed by atoms with Crippen LogP contribution in [0.2, 0.25) is 0 Å². The Morgan fingerprint density at radius 1 is 0.800 bits per heavy atom. The highest BCUT2D eigenvalue weighted by Gasteiger charge is 2.31. The lowest BCUT2D eigenvalue weighted by atomic mass is 9.75. The normalized spacial score (nSPS) is 23.9. The van der Waals surface area contributed by atoms with Crippen molar-refractivity contribution in [3.8, 4) is 11.5 Å². The number of benzene rings is 2. The maximum absolute atomic E-state index is 15.3. The number of halogens is 4. The molecule has 1 N–H and O–H groups in total. The van der Waals surface area contributed by atoms with Crippen LogP contribution in [0.25, 0.3) is 0 Å². The summed E-state index contributed by atoms with van der Waals surface area (Å²) in [5.41, 5.74) is 0.881. The fourth-order valence-electron chi connectivity index (χ4n) is 6.39.